The number of guanidine groups is 1. The summed E-state index contributed by atoms with van der Waals surface area (Å²) < 4.78 is 17.0. The van der Waals surface area contributed by atoms with Crippen LogP contribution in [0.25, 0.3) is 11.0 Å². The lowest BCUT2D eigenvalue weighted by Gasteiger charge is -2.21. The van der Waals surface area contributed by atoms with Crippen molar-refractivity contribution in [3.8, 4) is 0 Å². The van der Waals surface area contributed by atoms with Gasteiger partial charge in [-0.3, -0.25) is 0 Å². The van der Waals surface area contributed by atoms with Crippen LogP contribution in [0.15, 0.2) is 39.7 Å². The summed E-state index contributed by atoms with van der Waals surface area (Å²) in [5.41, 5.74) is 0.905. The van der Waals surface area contributed by atoms with Crippen molar-refractivity contribution in [2.24, 2.45) is 10.9 Å². The summed E-state index contributed by atoms with van der Waals surface area (Å²) in [6, 6.07) is 10.1. The van der Waals surface area contributed by atoms with E-state index in [1.54, 1.807) is 0 Å². The van der Waals surface area contributed by atoms with Crippen LogP contribution in [-0.4, -0.2) is 45.5 Å². The Hall–Kier alpha value is -1.32. The van der Waals surface area contributed by atoms with Crippen LogP contribution in [0.3, 0.4) is 0 Å². The molecule has 2 aromatic rings. The maximum Gasteiger partial charge on any atom is 0.191 e. The summed E-state index contributed by atoms with van der Waals surface area (Å²) in [4.78, 5) is 4.62. The molecule has 0 spiro atoms. The van der Waals surface area contributed by atoms with E-state index in [0.717, 1.165) is 81.5 Å². The first-order valence-electron chi connectivity index (χ1n) is 10.00. The first-order valence-corrected chi connectivity index (χ1v) is 10.00. The van der Waals surface area contributed by atoms with E-state index in [9.17, 15) is 0 Å². The van der Waals surface area contributed by atoms with Crippen molar-refractivity contribution in [2.45, 2.75) is 32.7 Å². The van der Waals surface area contributed by atoms with Crippen LogP contribution in [0.4, 0.5) is 0 Å². The zero-order valence-electron chi connectivity index (χ0n) is 16.6. The van der Waals surface area contributed by atoms with E-state index in [1.165, 1.54) is 0 Å². The van der Waals surface area contributed by atoms with Crippen molar-refractivity contribution in [3.05, 3.63) is 36.1 Å². The van der Waals surface area contributed by atoms with Crippen LogP contribution in [0.1, 0.15) is 31.9 Å². The SMILES string of the molecule is CCNC(=NCc1cc2ccccc2o1)NCCCOCC1CCOCC1.I. The lowest BCUT2D eigenvalue weighted by atomic mass is 10.0. The van der Waals surface area contributed by atoms with Gasteiger partial charge in [0.1, 0.15) is 17.9 Å². The third-order valence-corrected chi connectivity index (χ3v) is 4.67. The van der Waals surface area contributed by atoms with Crippen molar-refractivity contribution in [3.63, 3.8) is 0 Å². The van der Waals surface area contributed by atoms with Gasteiger partial charge in [-0.05, 0) is 44.2 Å². The zero-order valence-corrected chi connectivity index (χ0v) is 18.9. The highest BCUT2D eigenvalue weighted by Gasteiger charge is 2.13. The highest BCUT2D eigenvalue weighted by molar-refractivity contribution is 14.0. The largest absolute Gasteiger partial charge is 0.459 e. The third-order valence-electron chi connectivity index (χ3n) is 4.67. The standard InChI is InChI=1S/C21H31N3O3.HI/c1-2-22-21(23-10-5-11-26-16-17-8-12-25-13-9-17)24-15-19-14-18-6-3-4-7-20(18)27-19;/h3-4,6-7,14,17H,2,5,8-13,15-16H2,1H3,(H2,22,23,24);1H. The number of para-hydroxylation sites is 1. The number of hydrogen-bond acceptors (Lipinski definition) is 4. The van der Waals surface area contributed by atoms with Gasteiger partial charge in [0.2, 0.25) is 0 Å². The Morgan fingerprint density at radius 3 is 2.82 bits per heavy atom. The molecule has 2 N–H and O–H groups in total. The minimum Gasteiger partial charge on any atom is -0.459 e. The quantitative estimate of drug-likeness (QED) is 0.236. The van der Waals surface area contributed by atoms with Crippen molar-refractivity contribution >= 4 is 40.9 Å². The monoisotopic (exact) mass is 501 g/mol. The molecule has 0 amide bonds. The molecule has 3 rings (SSSR count). The van der Waals surface area contributed by atoms with Crippen molar-refractivity contribution in [1.29, 1.82) is 0 Å². The minimum absolute atomic E-state index is 0. The van der Waals surface area contributed by atoms with Crippen molar-refractivity contribution in [1.82, 2.24) is 10.6 Å². The fourth-order valence-corrected chi connectivity index (χ4v) is 3.16. The molecule has 2 heterocycles. The lowest BCUT2D eigenvalue weighted by Crippen LogP contribution is -2.38. The molecule has 1 saturated heterocycles. The molecule has 7 heteroatoms. The first-order chi connectivity index (χ1) is 13.3. The molecule has 28 heavy (non-hydrogen) atoms. The second-order valence-electron chi connectivity index (χ2n) is 6.86. The van der Waals surface area contributed by atoms with Crippen LogP contribution in [0, 0.1) is 5.92 Å². The fourth-order valence-electron chi connectivity index (χ4n) is 3.16. The second kappa shape index (κ2) is 13.0. The van der Waals surface area contributed by atoms with Gasteiger partial charge in [-0.2, -0.15) is 0 Å². The number of halogens is 1. The van der Waals surface area contributed by atoms with Gasteiger partial charge in [0.25, 0.3) is 0 Å². The number of nitrogens with zero attached hydrogens (tertiary/aromatic N) is 1. The van der Waals surface area contributed by atoms with Gasteiger partial charge in [-0.15, -0.1) is 24.0 Å². The molecule has 1 aliphatic heterocycles. The van der Waals surface area contributed by atoms with Gasteiger partial charge in [-0.25, -0.2) is 4.99 Å². The van der Waals surface area contributed by atoms with E-state index in [0.29, 0.717) is 12.5 Å². The average molecular weight is 501 g/mol. The summed E-state index contributed by atoms with van der Waals surface area (Å²) in [5, 5.41) is 7.75. The molecule has 6 nitrogen and oxygen atoms in total. The Kier molecular flexibility index (Phi) is 10.7. The normalized spacial score (nSPS) is 15.4. The third kappa shape index (κ3) is 7.60. The molecule has 1 aromatic heterocycles. The molecule has 1 aromatic carbocycles. The predicted octanol–water partition coefficient (Wildman–Crippen LogP) is 3.94. The first kappa shape index (κ1) is 23.0. The lowest BCUT2D eigenvalue weighted by molar-refractivity contribution is 0.0203. The average Bonchev–Trinajstić information content (AvgIpc) is 3.12. The van der Waals surface area contributed by atoms with Gasteiger partial charge >= 0.3 is 0 Å². The van der Waals surface area contributed by atoms with Gasteiger partial charge in [0.05, 0.1) is 0 Å². The minimum atomic E-state index is 0. The summed E-state index contributed by atoms with van der Waals surface area (Å²) in [7, 11) is 0. The van der Waals surface area contributed by atoms with Crippen LogP contribution in [0.5, 0.6) is 0 Å². The van der Waals surface area contributed by atoms with Gasteiger partial charge in [0.15, 0.2) is 5.96 Å². The zero-order chi connectivity index (χ0) is 18.7. The van der Waals surface area contributed by atoms with Crippen LogP contribution >= 0.6 is 24.0 Å². The number of aliphatic imine (C=N–C) groups is 1. The molecule has 0 saturated carbocycles. The van der Waals surface area contributed by atoms with Crippen LogP contribution < -0.4 is 10.6 Å². The van der Waals surface area contributed by atoms with Crippen LogP contribution in [-0.2, 0) is 16.0 Å². The second-order valence-corrected chi connectivity index (χ2v) is 6.86. The van der Waals surface area contributed by atoms with E-state index in [2.05, 4.69) is 28.6 Å². The number of ether oxygens (including phenoxy) is 2. The summed E-state index contributed by atoms with van der Waals surface area (Å²) in [6.07, 6.45) is 3.20. The van der Waals surface area contributed by atoms with E-state index >= 15 is 0 Å². The highest BCUT2D eigenvalue weighted by Crippen LogP contribution is 2.19. The van der Waals surface area contributed by atoms with E-state index in [-0.39, 0.29) is 24.0 Å². The van der Waals surface area contributed by atoms with Crippen LogP contribution in [0.2, 0.25) is 0 Å². The molecule has 0 aliphatic carbocycles. The molecular weight excluding hydrogens is 469 g/mol. The van der Waals surface area contributed by atoms with E-state index in [1.807, 2.05) is 24.3 Å². The molecule has 0 atom stereocenters. The molecule has 0 unspecified atom stereocenters. The van der Waals surface area contributed by atoms with Crippen molar-refractivity contribution in [2.75, 3.05) is 39.5 Å². The Labute approximate surface area is 184 Å². The Morgan fingerprint density at radius 2 is 2.04 bits per heavy atom. The fraction of sp³-hybridized carbons (Fsp3) is 0.571. The van der Waals surface area contributed by atoms with Crippen molar-refractivity contribution < 1.29 is 13.9 Å². The number of furan rings is 1. The molecule has 0 bridgehead atoms. The van der Waals surface area contributed by atoms with E-state index in [4.69, 9.17) is 13.9 Å². The smallest absolute Gasteiger partial charge is 0.191 e. The van der Waals surface area contributed by atoms with Gasteiger partial charge in [0, 0.05) is 44.9 Å². The maximum absolute atomic E-state index is 5.82. The maximum atomic E-state index is 5.82. The van der Waals surface area contributed by atoms with Gasteiger partial charge < -0.3 is 24.5 Å². The number of rotatable bonds is 9. The van der Waals surface area contributed by atoms with E-state index < -0.39 is 0 Å². The summed E-state index contributed by atoms with van der Waals surface area (Å²) in [5.74, 6) is 2.34. The number of nitrogens with one attached hydrogen (secondary N) is 2. The molecule has 1 aliphatic rings. The van der Waals surface area contributed by atoms with Gasteiger partial charge in [-0.1, -0.05) is 18.2 Å². The highest BCUT2D eigenvalue weighted by atomic mass is 127. The number of fused-ring (bicyclic) bond motifs is 1. The Morgan fingerprint density at radius 1 is 1.21 bits per heavy atom. The number of benzene rings is 1. The molecule has 1 fully saturated rings. The Bertz CT molecular complexity index is 681. The Balaban J connectivity index is 0.00000280. The topological polar surface area (TPSA) is 68.0 Å². The summed E-state index contributed by atoms with van der Waals surface area (Å²) in [6.45, 7) is 7.62. The molecule has 156 valence electrons. The molecular formula is C21H32IN3O3. The number of hydrogen-bond donors (Lipinski definition) is 2. The summed E-state index contributed by atoms with van der Waals surface area (Å²) >= 11 is 0. The molecule has 0 radical (unpaired) electrons. The predicted molar refractivity (Wildman–Crippen MR) is 123 cm³/mol.